The highest BCUT2D eigenvalue weighted by Gasteiger charge is 2.29. The highest BCUT2D eigenvalue weighted by molar-refractivity contribution is 6.22. The Balaban J connectivity index is 2.04. The van der Waals surface area contributed by atoms with Gasteiger partial charge >= 0.3 is 0 Å². The van der Waals surface area contributed by atoms with E-state index in [4.69, 9.17) is 9.47 Å². The number of nitrogens with one attached hydrogen (secondary N) is 1. The Morgan fingerprint density at radius 2 is 1.81 bits per heavy atom. The van der Waals surface area contributed by atoms with Gasteiger partial charge in [0.1, 0.15) is 11.5 Å². The number of carbonyl (C=O) groups excluding carboxylic acids is 1. The van der Waals surface area contributed by atoms with Crippen molar-refractivity contribution in [1.29, 1.82) is 0 Å². The molecule has 0 spiro atoms. The molecule has 106 valence electrons. The van der Waals surface area contributed by atoms with Crippen LogP contribution in [0.15, 0.2) is 48.2 Å². The smallest absolute Gasteiger partial charge is 0.215 e. The number of Topliss-reactive ketones (excluding diaryl/α,β-unsaturated/α-hetero) is 1. The summed E-state index contributed by atoms with van der Waals surface area (Å²) in [5, 5.41) is 3.13. The lowest BCUT2D eigenvalue weighted by Crippen LogP contribution is -2.01. The second-order valence-electron chi connectivity index (χ2n) is 4.68. The summed E-state index contributed by atoms with van der Waals surface area (Å²) in [6.07, 6.45) is 1.83. The average Bonchev–Trinajstić information content (AvgIpc) is 2.83. The van der Waals surface area contributed by atoms with Crippen molar-refractivity contribution in [3.05, 3.63) is 59.3 Å². The number of benzene rings is 2. The first kappa shape index (κ1) is 13.2. The summed E-state index contributed by atoms with van der Waals surface area (Å²) in [5.74, 6) is 1.08. The molecule has 0 bridgehead atoms. The molecule has 21 heavy (non-hydrogen) atoms. The van der Waals surface area contributed by atoms with E-state index in [0.29, 0.717) is 28.4 Å². The Morgan fingerprint density at radius 1 is 1.05 bits per heavy atom. The molecular formula is C17H15NO3. The Labute approximate surface area is 123 Å². The van der Waals surface area contributed by atoms with E-state index in [1.54, 1.807) is 26.4 Å². The zero-order valence-corrected chi connectivity index (χ0v) is 11.8. The third kappa shape index (κ3) is 2.36. The largest absolute Gasteiger partial charge is 0.497 e. The first-order chi connectivity index (χ1) is 10.2. The number of anilines is 1. The molecule has 3 rings (SSSR count). The average molecular weight is 281 g/mol. The number of ketones is 1. The van der Waals surface area contributed by atoms with Crippen LogP contribution in [0.2, 0.25) is 0 Å². The van der Waals surface area contributed by atoms with Gasteiger partial charge in [-0.15, -0.1) is 0 Å². The minimum atomic E-state index is -0.0756. The Hall–Kier alpha value is -2.75. The van der Waals surface area contributed by atoms with Crippen LogP contribution in [0.5, 0.6) is 11.5 Å². The van der Waals surface area contributed by atoms with E-state index < -0.39 is 0 Å². The lowest BCUT2D eigenvalue weighted by Gasteiger charge is -2.08. The predicted octanol–water partition coefficient (Wildman–Crippen LogP) is 3.35. The van der Waals surface area contributed by atoms with Gasteiger partial charge in [-0.2, -0.15) is 0 Å². The lowest BCUT2D eigenvalue weighted by atomic mass is 10.1. The summed E-state index contributed by atoms with van der Waals surface area (Å²) in [7, 11) is 3.12. The van der Waals surface area contributed by atoms with Gasteiger partial charge in [0.2, 0.25) is 5.78 Å². The molecule has 0 atom stereocenters. The van der Waals surface area contributed by atoms with Crippen molar-refractivity contribution in [1.82, 2.24) is 0 Å². The van der Waals surface area contributed by atoms with E-state index in [-0.39, 0.29) is 5.78 Å². The van der Waals surface area contributed by atoms with Crippen molar-refractivity contribution in [2.24, 2.45) is 0 Å². The Bertz CT molecular complexity index is 720. The molecule has 0 radical (unpaired) electrons. The van der Waals surface area contributed by atoms with E-state index in [1.165, 1.54) is 0 Å². The molecule has 2 aromatic carbocycles. The third-order valence-electron chi connectivity index (χ3n) is 3.38. The molecule has 2 aromatic rings. The maximum atomic E-state index is 12.5. The van der Waals surface area contributed by atoms with Gasteiger partial charge in [-0.05, 0) is 11.6 Å². The first-order valence-electron chi connectivity index (χ1n) is 6.57. The Morgan fingerprint density at radius 3 is 2.48 bits per heavy atom. The summed E-state index contributed by atoms with van der Waals surface area (Å²) < 4.78 is 10.5. The first-order valence-corrected chi connectivity index (χ1v) is 6.57. The quantitative estimate of drug-likeness (QED) is 0.876. The van der Waals surface area contributed by atoms with Crippen LogP contribution >= 0.6 is 0 Å². The number of methoxy groups -OCH3 is 2. The van der Waals surface area contributed by atoms with E-state index in [2.05, 4.69) is 5.32 Å². The molecule has 0 saturated carbocycles. The SMILES string of the molecule is COc1cc2c(c(OC)c1)C(=O)/C(=C/c1ccccc1)N2. The fourth-order valence-electron chi connectivity index (χ4n) is 2.36. The molecule has 0 aliphatic carbocycles. The lowest BCUT2D eigenvalue weighted by molar-refractivity contribution is 0.104. The molecule has 0 fully saturated rings. The minimum Gasteiger partial charge on any atom is -0.497 e. The third-order valence-corrected chi connectivity index (χ3v) is 3.38. The van der Waals surface area contributed by atoms with Crippen LogP contribution in [0.1, 0.15) is 15.9 Å². The number of rotatable bonds is 3. The number of ether oxygens (including phenoxy) is 2. The molecule has 0 saturated heterocycles. The number of fused-ring (bicyclic) bond motifs is 1. The van der Waals surface area contributed by atoms with Crippen molar-refractivity contribution in [2.75, 3.05) is 19.5 Å². The summed E-state index contributed by atoms with van der Waals surface area (Å²) >= 11 is 0. The van der Waals surface area contributed by atoms with Crippen LogP contribution < -0.4 is 14.8 Å². The van der Waals surface area contributed by atoms with Crippen molar-refractivity contribution in [2.45, 2.75) is 0 Å². The normalized spacial score (nSPS) is 14.8. The molecule has 4 nitrogen and oxygen atoms in total. The van der Waals surface area contributed by atoms with Gasteiger partial charge in [0.05, 0.1) is 31.2 Å². The maximum Gasteiger partial charge on any atom is 0.215 e. The van der Waals surface area contributed by atoms with Crippen molar-refractivity contribution in [3.8, 4) is 11.5 Å². The van der Waals surface area contributed by atoms with Gasteiger partial charge in [-0.3, -0.25) is 4.79 Å². The molecule has 1 aliphatic rings. The summed E-state index contributed by atoms with van der Waals surface area (Å²) in [6, 6.07) is 13.2. The minimum absolute atomic E-state index is 0.0756. The van der Waals surface area contributed by atoms with Crippen LogP contribution in [0.3, 0.4) is 0 Å². The van der Waals surface area contributed by atoms with Gasteiger partial charge in [-0.25, -0.2) is 0 Å². The van der Waals surface area contributed by atoms with E-state index in [9.17, 15) is 4.79 Å². The van der Waals surface area contributed by atoms with Gasteiger partial charge in [0.15, 0.2) is 0 Å². The zero-order valence-electron chi connectivity index (χ0n) is 11.8. The van der Waals surface area contributed by atoms with Crippen LogP contribution in [0.25, 0.3) is 6.08 Å². The van der Waals surface area contributed by atoms with E-state index in [0.717, 1.165) is 5.56 Å². The van der Waals surface area contributed by atoms with Crippen LogP contribution in [-0.2, 0) is 0 Å². The Kier molecular flexibility index (Phi) is 3.36. The monoisotopic (exact) mass is 281 g/mol. The fourth-order valence-corrected chi connectivity index (χ4v) is 2.36. The standard InChI is InChI=1S/C17H15NO3/c1-20-12-9-13-16(15(10-12)21-2)17(19)14(18-13)8-11-6-4-3-5-7-11/h3-10,18H,1-2H3/b14-8-. The van der Waals surface area contributed by atoms with E-state index >= 15 is 0 Å². The molecule has 1 heterocycles. The van der Waals surface area contributed by atoms with Crippen LogP contribution in [0, 0.1) is 0 Å². The second kappa shape index (κ2) is 5.32. The second-order valence-corrected chi connectivity index (χ2v) is 4.68. The number of carbonyl (C=O) groups is 1. The highest BCUT2D eigenvalue weighted by atomic mass is 16.5. The number of allylic oxidation sites excluding steroid dienone is 1. The fraction of sp³-hybridized carbons (Fsp3) is 0.118. The highest BCUT2D eigenvalue weighted by Crippen LogP contribution is 2.39. The van der Waals surface area contributed by atoms with Crippen LogP contribution in [-0.4, -0.2) is 20.0 Å². The topological polar surface area (TPSA) is 47.6 Å². The molecule has 1 N–H and O–H groups in total. The molecule has 4 heteroatoms. The number of hydrogen-bond acceptors (Lipinski definition) is 4. The number of hydrogen-bond donors (Lipinski definition) is 1. The van der Waals surface area contributed by atoms with Crippen molar-refractivity contribution in [3.63, 3.8) is 0 Å². The molecule has 0 aromatic heterocycles. The summed E-state index contributed by atoms with van der Waals surface area (Å²) in [6.45, 7) is 0. The molecule has 1 aliphatic heterocycles. The maximum absolute atomic E-state index is 12.5. The molecule has 0 amide bonds. The van der Waals surface area contributed by atoms with Gasteiger partial charge in [-0.1, -0.05) is 30.3 Å². The molecular weight excluding hydrogens is 266 g/mol. The van der Waals surface area contributed by atoms with Gasteiger partial charge in [0.25, 0.3) is 0 Å². The van der Waals surface area contributed by atoms with Gasteiger partial charge in [0, 0.05) is 12.1 Å². The summed E-state index contributed by atoms with van der Waals surface area (Å²) in [5.41, 5.74) is 2.74. The summed E-state index contributed by atoms with van der Waals surface area (Å²) in [4.78, 5) is 12.5. The predicted molar refractivity (Wildman–Crippen MR) is 81.9 cm³/mol. The van der Waals surface area contributed by atoms with E-state index in [1.807, 2.05) is 36.4 Å². The molecule has 0 unspecified atom stereocenters. The zero-order chi connectivity index (χ0) is 14.8. The van der Waals surface area contributed by atoms with Crippen molar-refractivity contribution < 1.29 is 14.3 Å². The van der Waals surface area contributed by atoms with Crippen LogP contribution in [0.4, 0.5) is 5.69 Å². The van der Waals surface area contributed by atoms with Crippen molar-refractivity contribution >= 4 is 17.5 Å². The van der Waals surface area contributed by atoms with Gasteiger partial charge < -0.3 is 14.8 Å².